The van der Waals surface area contributed by atoms with Crippen LogP contribution in [-0.4, -0.2) is 10.0 Å². The third kappa shape index (κ3) is 5.79. The summed E-state index contributed by atoms with van der Waals surface area (Å²) in [5, 5.41) is 10.5. The zero-order valence-electron chi connectivity index (χ0n) is 13.0. The smallest absolute Gasteiger partial charge is 0.113 e. The molecule has 0 aromatic rings. The maximum Gasteiger partial charge on any atom is 0.113 e. The molecule has 0 aliphatic heterocycles. The minimum absolute atomic E-state index is 0.173. The predicted molar refractivity (Wildman–Crippen MR) is 84.9 cm³/mol. The van der Waals surface area contributed by atoms with Crippen LogP contribution < -0.4 is 0 Å². The summed E-state index contributed by atoms with van der Waals surface area (Å²) in [5.41, 5.74) is 0. The van der Waals surface area contributed by atoms with Crippen molar-refractivity contribution in [3.8, 4) is 0 Å². The maximum absolute atomic E-state index is 10.5. The third-order valence-electron chi connectivity index (χ3n) is 4.29. The monoisotopic (exact) mass is 272 g/mol. The number of hydrogen-bond acceptors (Lipinski definition) is 2. The van der Waals surface area contributed by atoms with Crippen LogP contribution in [-0.2, 0) is 0 Å². The first-order valence-electron chi connectivity index (χ1n) is 7.33. The van der Waals surface area contributed by atoms with Gasteiger partial charge < -0.3 is 5.11 Å². The van der Waals surface area contributed by atoms with Gasteiger partial charge in [0.1, 0.15) is 4.93 Å². The Bertz CT molecular complexity index is 245. The standard InChI is InChI=1S/C16H32OS/c1-7-13(4)10-8-9-11-14(5)16(17,18)15(6)12(2)3/h8-9,12-15,17-18H,7,10-11H2,1-6H3/b9-8-. The Balaban J connectivity index is 4.27. The summed E-state index contributed by atoms with van der Waals surface area (Å²) in [6.45, 7) is 12.9. The average molecular weight is 272 g/mol. The van der Waals surface area contributed by atoms with Gasteiger partial charge in [0.05, 0.1) is 0 Å². The van der Waals surface area contributed by atoms with Crippen LogP contribution in [0.15, 0.2) is 12.2 Å². The van der Waals surface area contributed by atoms with E-state index in [0.717, 1.165) is 18.8 Å². The van der Waals surface area contributed by atoms with Gasteiger partial charge in [-0.15, -0.1) is 12.6 Å². The molecule has 18 heavy (non-hydrogen) atoms. The predicted octanol–water partition coefficient (Wildman–Crippen LogP) is 4.92. The van der Waals surface area contributed by atoms with E-state index in [1.165, 1.54) is 6.42 Å². The third-order valence-corrected chi connectivity index (χ3v) is 5.14. The largest absolute Gasteiger partial charge is 0.379 e. The van der Waals surface area contributed by atoms with Crippen molar-refractivity contribution in [3.63, 3.8) is 0 Å². The SMILES string of the molecule is CCC(C)C/C=C\CC(C)C(O)(S)C(C)C(C)C. The molecule has 0 aromatic heterocycles. The lowest BCUT2D eigenvalue weighted by Gasteiger charge is -2.37. The highest BCUT2D eigenvalue weighted by molar-refractivity contribution is 7.81. The van der Waals surface area contributed by atoms with Crippen LogP contribution in [0.25, 0.3) is 0 Å². The van der Waals surface area contributed by atoms with Crippen molar-refractivity contribution < 1.29 is 5.11 Å². The Morgan fingerprint density at radius 2 is 1.56 bits per heavy atom. The molecule has 0 saturated heterocycles. The lowest BCUT2D eigenvalue weighted by atomic mass is 9.83. The van der Waals surface area contributed by atoms with E-state index in [4.69, 9.17) is 0 Å². The summed E-state index contributed by atoms with van der Waals surface area (Å²) < 4.78 is 0. The Morgan fingerprint density at radius 3 is 2.00 bits per heavy atom. The van der Waals surface area contributed by atoms with E-state index in [2.05, 4.69) is 66.3 Å². The summed E-state index contributed by atoms with van der Waals surface area (Å²) in [7, 11) is 0. The number of aliphatic hydroxyl groups is 1. The zero-order chi connectivity index (χ0) is 14.3. The number of allylic oxidation sites excluding steroid dienone is 2. The second-order valence-electron chi connectivity index (χ2n) is 6.17. The fourth-order valence-corrected chi connectivity index (χ4v) is 2.31. The minimum atomic E-state index is -0.880. The number of thiol groups is 1. The van der Waals surface area contributed by atoms with Gasteiger partial charge in [-0.2, -0.15) is 0 Å². The lowest BCUT2D eigenvalue weighted by Crippen LogP contribution is -2.39. The minimum Gasteiger partial charge on any atom is -0.379 e. The van der Waals surface area contributed by atoms with Crippen LogP contribution in [0.3, 0.4) is 0 Å². The van der Waals surface area contributed by atoms with Crippen LogP contribution >= 0.6 is 12.6 Å². The van der Waals surface area contributed by atoms with Crippen molar-refractivity contribution in [2.45, 2.75) is 65.7 Å². The van der Waals surface area contributed by atoms with Gasteiger partial charge in [0.25, 0.3) is 0 Å². The molecule has 0 heterocycles. The molecule has 0 aliphatic rings. The van der Waals surface area contributed by atoms with Crippen molar-refractivity contribution in [3.05, 3.63) is 12.2 Å². The molecule has 0 aromatic carbocycles. The molecule has 0 amide bonds. The van der Waals surface area contributed by atoms with E-state index in [1.54, 1.807) is 0 Å². The molecule has 0 saturated carbocycles. The molecule has 4 atom stereocenters. The number of hydrogen-bond donors (Lipinski definition) is 2. The quantitative estimate of drug-likeness (QED) is 0.365. The summed E-state index contributed by atoms with van der Waals surface area (Å²) in [4.78, 5) is -0.880. The first-order valence-corrected chi connectivity index (χ1v) is 7.77. The molecule has 4 unspecified atom stereocenters. The van der Waals surface area contributed by atoms with Gasteiger partial charge >= 0.3 is 0 Å². The Morgan fingerprint density at radius 1 is 1.06 bits per heavy atom. The van der Waals surface area contributed by atoms with Crippen molar-refractivity contribution in [1.29, 1.82) is 0 Å². The molecule has 1 N–H and O–H groups in total. The molecule has 0 radical (unpaired) electrons. The van der Waals surface area contributed by atoms with Gasteiger partial charge in [-0.1, -0.05) is 60.1 Å². The van der Waals surface area contributed by atoms with Gasteiger partial charge in [-0.3, -0.25) is 0 Å². The summed E-state index contributed by atoms with van der Waals surface area (Å²) in [6.07, 6.45) is 7.70. The van der Waals surface area contributed by atoms with E-state index >= 15 is 0 Å². The van der Waals surface area contributed by atoms with Crippen LogP contribution in [0.4, 0.5) is 0 Å². The van der Waals surface area contributed by atoms with Crippen LogP contribution in [0.5, 0.6) is 0 Å². The van der Waals surface area contributed by atoms with Gasteiger partial charge in [-0.25, -0.2) is 0 Å². The fourth-order valence-electron chi connectivity index (χ4n) is 1.91. The lowest BCUT2D eigenvalue weighted by molar-refractivity contribution is 0.0136. The summed E-state index contributed by atoms with van der Waals surface area (Å²) in [6, 6.07) is 0. The van der Waals surface area contributed by atoms with E-state index < -0.39 is 4.93 Å². The molecule has 0 fully saturated rings. The first-order chi connectivity index (χ1) is 8.23. The average Bonchev–Trinajstić information content (AvgIpc) is 2.32. The molecule has 0 rings (SSSR count). The topological polar surface area (TPSA) is 20.2 Å². The van der Waals surface area contributed by atoms with Crippen molar-refractivity contribution in [1.82, 2.24) is 0 Å². The van der Waals surface area contributed by atoms with Crippen LogP contribution in [0, 0.1) is 23.7 Å². The summed E-state index contributed by atoms with van der Waals surface area (Å²) in [5.74, 6) is 1.56. The zero-order valence-corrected chi connectivity index (χ0v) is 13.9. The van der Waals surface area contributed by atoms with E-state index in [0.29, 0.717) is 5.92 Å². The molecular formula is C16H32OS. The Labute approximate surface area is 119 Å². The second-order valence-corrected chi connectivity index (χ2v) is 6.89. The highest BCUT2D eigenvalue weighted by atomic mass is 32.1. The molecule has 0 aliphatic carbocycles. The Kier molecular flexibility index (Phi) is 8.29. The van der Waals surface area contributed by atoms with Crippen LogP contribution in [0.1, 0.15) is 60.8 Å². The number of rotatable bonds is 8. The maximum atomic E-state index is 10.5. The van der Waals surface area contributed by atoms with E-state index in [9.17, 15) is 5.11 Å². The second kappa shape index (κ2) is 8.27. The van der Waals surface area contributed by atoms with Crippen molar-refractivity contribution >= 4 is 12.6 Å². The first kappa shape index (κ1) is 18.0. The fraction of sp³-hybridized carbons (Fsp3) is 0.875. The highest BCUT2D eigenvalue weighted by Gasteiger charge is 2.36. The van der Waals surface area contributed by atoms with Gasteiger partial charge in [0, 0.05) is 0 Å². The van der Waals surface area contributed by atoms with Crippen molar-refractivity contribution in [2.24, 2.45) is 23.7 Å². The molecular weight excluding hydrogens is 240 g/mol. The molecule has 108 valence electrons. The van der Waals surface area contributed by atoms with Crippen LogP contribution in [0.2, 0.25) is 0 Å². The molecule has 1 nitrogen and oxygen atoms in total. The normalized spacial score (nSPS) is 20.9. The van der Waals surface area contributed by atoms with E-state index in [1.807, 2.05) is 0 Å². The Hall–Kier alpha value is 0.0500. The van der Waals surface area contributed by atoms with E-state index in [-0.39, 0.29) is 11.8 Å². The van der Waals surface area contributed by atoms with Gasteiger partial charge in [-0.05, 0) is 36.5 Å². The highest BCUT2D eigenvalue weighted by Crippen LogP contribution is 2.36. The summed E-state index contributed by atoms with van der Waals surface area (Å²) >= 11 is 4.50. The molecule has 0 bridgehead atoms. The van der Waals surface area contributed by atoms with Gasteiger partial charge in [0.2, 0.25) is 0 Å². The molecule has 2 heteroatoms. The van der Waals surface area contributed by atoms with Crippen molar-refractivity contribution in [2.75, 3.05) is 0 Å². The van der Waals surface area contributed by atoms with Gasteiger partial charge in [0.15, 0.2) is 0 Å². The molecule has 0 spiro atoms.